The summed E-state index contributed by atoms with van der Waals surface area (Å²) in [7, 11) is 4.28. The number of pyridine rings is 3. The third-order valence-corrected chi connectivity index (χ3v) is 14.7. The van der Waals surface area contributed by atoms with E-state index in [1.165, 1.54) is 0 Å². The summed E-state index contributed by atoms with van der Waals surface area (Å²) in [5.74, 6) is -0.445. The van der Waals surface area contributed by atoms with Crippen molar-refractivity contribution in [2.24, 2.45) is 26.9 Å². The molecule has 0 saturated carbocycles. The van der Waals surface area contributed by atoms with E-state index in [0.717, 1.165) is 92.8 Å². The second-order valence-corrected chi connectivity index (χ2v) is 23.2. The molecule has 21 heteroatoms. The van der Waals surface area contributed by atoms with Gasteiger partial charge in [-0.15, -0.1) is 0 Å². The van der Waals surface area contributed by atoms with Crippen LogP contribution in [-0.4, -0.2) is 104 Å². The molecule has 81 heavy (non-hydrogen) atoms. The van der Waals surface area contributed by atoms with Crippen LogP contribution < -0.4 is 11.2 Å². The Morgan fingerprint density at radius 2 is 0.988 bits per heavy atom. The summed E-state index contributed by atoms with van der Waals surface area (Å²) >= 11 is 3.47. The van der Waals surface area contributed by atoms with Crippen LogP contribution in [0.25, 0.3) is 55.0 Å². The number of aryl methyl sites for hydroxylation is 3. The van der Waals surface area contributed by atoms with Gasteiger partial charge in [0.25, 0.3) is 0 Å². The van der Waals surface area contributed by atoms with Crippen molar-refractivity contribution in [2.45, 2.75) is 103 Å². The van der Waals surface area contributed by atoms with E-state index in [1.807, 2.05) is 121 Å². The van der Waals surface area contributed by atoms with Gasteiger partial charge in [-0.3, -0.25) is 38.6 Å². The van der Waals surface area contributed by atoms with Crippen LogP contribution >= 0.6 is 15.9 Å². The molecular weight excluding hydrogens is 1100 g/mol. The molecule has 3 aliphatic rings. The Labute approximate surface area is 479 Å². The highest BCUT2D eigenvalue weighted by molar-refractivity contribution is 9.10. The Balaban J connectivity index is 0.000000135. The molecule has 19 nitrogen and oxygen atoms in total. The minimum Gasteiger partial charge on any atom is -0.460 e. The molecule has 422 valence electrons. The molecule has 3 aromatic carbocycles. The molecule has 6 aromatic heterocycles. The van der Waals surface area contributed by atoms with Crippen LogP contribution in [0.3, 0.4) is 0 Å². The number of ether oxygens (including phenoxy) is 5. The van der Waals surface area contributed by atoms with Gasteiger partial charge in [-0.25, -0.2) is 0 Å². The van der Waals surface area contributed by atoms with Crippen molar-refractivity contribution >= 4 is 73.2 Å². The van der Waals surface area contributed by atoms with Gasteiger partial charge in [0, 0.05) is 102 Å². The third-order valence-electron chi connectivity index (χ3n) is 14.0. The fraction of sp³-hybridized carbons (Fsp3) is 0.367. The first kappa shape index (κ1) is 58.4. The van der Waals surface area contributed by atoms with Crippen LogP contribution in [0.4, 0.5) is 0 Å². The number of esters is 2. The van der Waals surface area contributed by atoms with E-state index in [4.69, 9.17) is 39.5 Å². The number of aromatic nitrogens is 9. The lowest BCUT2D eigenvalue weighted by Gasteiger charge is -2.28. The van der Waals surface area contributed by atoms with Crippen LogP contribution in [-0.2, 0) is 74.2 Å². The number of benzene rings is 3. The fourth-order valence-corrected chi connectivity index (χ4v) is 10.6. The molecule has 0 radical (unpaired) electrons. The minimum atomic E-state index is -1.42. The van der Waals surface area contributed by atoms with E-state index in [1.54, 1.807) is 29.2 Å². The Morgan fingerprint density at radius 3 is 1.47 bits per heavy atom. The zero-order valence-corrected chi connectivity index (χ0v) is 48.7. The summed E-state index contributed by atoms with van der Waals surface area (Å²) in [4.78, 5) is 37.2. The zero-order chi connectivity index (χ0) is 57.8. The lowest BCUT2D eigenvalue weighted by atomic mass is 9.80. The van der Waals surface area contributed by atoms with Gasteiger partial charge in [-0.2, -0.15) is 15.3 Å². The molecule has 0 bridgehead atoms. The Kier molecular flexibility index (Phi) is 17.9. The average molecular weight is 1160 g/mol. The van der Waals surface area contributed by atoms with Crippen molar-refractivity contribution in [3.63, 3.8) is 0 Å². The predicted octanol–water partition coefficient (Wildman–Crippen LogP) is 8.59. The van der Waals surface area contributed by atoms with E-state index in [2.05, 4.69) is 82.6 Å². The number of halogens is 1. The lowest BCUT2D eigenvalue weighted by molar-refractivity contribution is -0.157. The maximum Gasteiger partial charge on any atom is 0.488 e. The van der Waals surface area contributed by atoms with E-state index >= 15 is 0 Å². The van der Waals surface area contributed by atoms with Crippen molar-refractivity contribution in [3.05, 3.63) is 148 Å². The molecule has 3 atom stereocenters. The highest BCUT2D eigenvalue weighted by Crippen LogP contribution is 2.38. The molecule has 0 saturated heterocycles. The van der Waals surface area contributed by atoms with Gasteiger partial charge in [0.1, 0.15) is 11.2 Å². The molecule has 0 fully saturated rings. The molecule has 0 aliphatic carbocycles. The zero-order valence-electron chi connectivity index (χ0n) is 47.1. The minimum absolute atomic E-state index is 0.0172. The SMILES string of the molecule is CC(C)(C)OC(=O)CC1COCc2c(Br)cncc21.Cn1ncc2ccc(-c3cncc4c3COCC4CC(=O)OC(C)(C)C)cc21.Cn1ncc2ccc(-c3cncc4c3COCC4N)cc21.Cn1ncc2ccc(B(O)O)cc21. The monoisotopic (exact) mass is 1160 g/mol. The van der Waals surface area contributed by atoms with Crippen molar-refractivity contribution in [1.29, 1.82) is 0 Å². The van der Waals surface area contributed by atoms with E-state index in [0.29, 0.717) is 51.5 Å². The molecule has 3 aliphatic heterocycles. The first-order valence-electron chi connectivity index (χ1n) is 26.7. The van der Waals surface area contributed by atoms with Gasteiger partial charge >= 0.3 is 19.1 Å². The summed E-state index contributed by atoms with van der Waals surface area (Å²) in [6.45, 7) is 14.5. The number of carbonyl (C=O) groups excluding carboxylic acids is 2. The maximum absolute atomic E-state index is 12.3. The smallest absolute Gasteiger partial charge is 0.460 e. The van der Waals surface area contributed by atoms with Crippen molar-refractivity contribution < 1.29 is 43.3 Å². The highest BCUT2D eigenvalue weighted by atomic mass is 79.9. The maximum atomic E-state index is 12.3. The molecule has 4 N–H and O–H groups in total. The van der Waals surface area contributed by atoms with Gasteiger partial charge in [0.05, 0.1) is 93.7 Å². The Hall–Kier alpha value is -7.24. The number of nitrogens with zero attached hydrogens (tertiary/aromatic N) is 9. The van der Waals surface area contributed by atoms with Gasteiger partial charge in [0.15, 0.2) is 0 Å². The molecule has 0 spiro atoms. The fourth-order valence-electron chi connectivity index (χ4n) is 10.1. The first-order valence-corrected chi connectivity index (χ1v) is 27.5. The second kappa shape index (κ2) is 24.9. The number of fused-ring (bicyclic) bond motifs is 6. The molecule has 12 rings (SSSR count). The van der Waals surface area contributed by atoms with Gasteiger partial charge in [-0.1, -0.05) is 36.4 Å². The number of nitrogens with two attached hydrogens (primary N) is 1. The molecule has 0 amide bonds. The normalized spacial score (nSPS) is 16.6. The standard InChI is InChI=1S/C22H25N3O3.C16H16N4O.C14H18BrNO3.C8H9BN2O2/c1-22(2,3)28-21(26)8-16-12-27-13-19-17(10-23-11-18(16)19)14-5-6-15-9-24-25(4)20(15)7-14;1-20-16-4-10(2-3-11(16)5-19-20)12-6-18-7-13-14(12)8-21-9-15(13)17;1-14(2,3)19-13(17)4-9-7-18-8-11-10(9)5-16-6-12(11)15;1-11-8-4-7(9(12)13)3-2-6(8)5-10-11/h5-7,9-11,16H,8,12-13H2,1-4H3;2-7,15H,8-9,17H2,1H3;5-6,9H,4,7-8H2,1-3H3;2-5,12-13H,1H3. The van der Waals surface area contributed by atoms with Gasteiger partial charge in [-0.05, 0) is 126 Å². The van der Waals surface area contributed by atoms with E-state index < -0.39 is 18.3 Å². The molecular formula is C60H68BBrN10O9. The van der Waals surface area contributed by atoms with Gasteiger partial charge < -0.3 is 39.5 Å². The number of carbonyl (C=O) groups is 2. The van der Waals surface area contributed by atoms with Crippen molar-refractivity contribution in [2.75, 3.05) is 19.8 Å². The third kappa shape index (κ3) is 14.1. The molecule has 3 unspecified atom stereocenters. The Bertz CT molecular complexity index is 3720. The number of rotatable bonds is 7. The molecule has 9 aromatic rings. The van der Waals surface area contributed by atoms with Crippen LogP contribution in [0, 0.1) is 0 Å². The van der Waals surface area contributed by atoms with E-state index in [9.17, 15) is 9.59 Å². The number of hydrogen-bond donors (Lipinski definition) is 3. The first-order chi connectivity index (χ1) is 38.6. The van der Waals surface area contributed by atoms with Crippen LogP contribution in [0.2, 0.25) is 0 Å². The summed E-state index contributed by atoms with van der Waals surface area (Å²) in [5, 5.41) is 33.8. The Morgan fingerprint density at radius 1 is 0.580 bits per heavy atom. The van der Waals surface area contributed by atoms with Crippen LogP contribution in [0.5, 0.6) is 0 Å². The van der Waals surface area contributed by atoms with Gasteiger partial charge in [0.2, 0.25) is 0 Å². The summed E-state index contributed by atoms with van der Waals surface area (Å²) in [5.41, 5.74) is 19.6. The van der Waals surface area contributed by atoms with Crippen molar-refractivity contribution in [1.82, 2.24) is 44.3 Å². The topological polar surface area (TPSA) is 239 Å². The summed E-state index contributed by atoms with van der Waals surface area (Å²) < 4.78 is 34.2. The predicted molar refractivity (Wildman–Crippen MR) is 313 cm³/mol. The largest absolute Gasteiger partial charge is 0.488 e. The summed E-state index contributed by atoms with van der Waals surface area (Å²) in [6.07, 6.45) is 17.1. The quantitative estimate of drug-likeness (QED) is 0.1000. The highest BCUT2D eigenvalue weighted by Gasteiger charge is 2.30. The van der Waals surface area contributed by atoms with Crippen LogP contribution in [0.15, 0.2) is 115 Å². The van der Waals surface area contributed by atoms with Crippen molar-refractivity contribution in [3.8, 4) is 22.3 Å². The lowest BCUT2D eigenvalue weighted by Crippen LogP contribution is -2.29. The average Bonchev–Trinajstić information content (AvgIpc) is 4.28. The summed E-state index contributed by atoms with van der Waals surface area (Å²) in [6, 6.07) is 17.7. The molecule has 9 heterocycles. The second-order valence-electron chi connectivity index (χ2n) is 22.4. The number of hydrogen-bond acceptors (Lipinski definition) is 16. The van der Waals surface area contributed by atoms with Crippen LogP contribution in [0.1, 0.15) is 106 Å². The van der Waals surface area contributed by atoms with E-state index in [-0.39, 0.29) is 36.2 Å².